The SMILES string of the molecule is O=Cc1ccc(-c2cc(C(F)(F)F)cc(C(F)(F)F)c2Cl)o1. The van der Waals surface area contributed by atoms with Gasteiger partial charge in [0.1, 0.15) is 5.76 Å². The summed E-state index contributed by atoms with van der Waals surface area (Å²) < 4.78 is 81.7. The molecule has 0 unspecified atom stereocenters. The molecular formula is C13H5ClF6O2. The van der Waals surface area contributed by atoms with Crippen LogP contribution in [0.4, 0.5) is 26.3 Å². The molecule has 2 aromatic rings. The summed E-state index contributed by atoms with van der Waals surface area (Å²) in [5.74, 6) is -0.624. The summed E-state index contributed by atoms with van der Waals surface area (Å²) in [5.41, 5.74) is -3.76. The first-order valence-corrected chi connectivity index (χ1v) is 5.95. The average molecular weight is 343 g/mol. The lowest BCUT2D eigenvalue weighted by Crippen LogP contribution is -2.12. The molecule has 0 aliphatic rings. The highest BCUT2D eigenvalue weighted by atomic mass is 35.5. The second-order valence-corrected chi connectivity index (χ2v) is 4.58. The van der Waals surface area contributed by atoms with Crippen LogP contribution in [-0.2, 0) is 12.4 Å². The van der Waals surface area contributed by atoms with Crippen molar-refractivity contribution in [3.63, 3.8) is 0 Å². The lowest BCUT2D eigenvalue weighted by molar-refractivity contribution is -0.142. The van der Waals surface area contributed by atoms with Gasteiger partial charge in [-0.3, -0.25) is 4.79 Å². The smallest absolute Gasteiger partial charge is 0.417 e. The Balaban J connectivity index is 2.74. The summed E-state index contributed by atoms with van der Waals surface area (Å²) in [6, 6.07) is 2.53. The molecule has 22 heavy (non-hydrogen) atoms. The molecule has 0 radical (unpaired) electrons. The number of rotatable bonds is 2. The van der Waals surface area contributed by atoms with Crippen molar-refractivity contribution in [1.82, 2.24) is 0 Å². The van der Waals surface area contributed by atoms with E-state index >= 15 is 0 Å². The Morgan fingerprint density at radius 1 is 1.00 bits per heavy atom. The second kappa shape index (κ2) is 5.35. The fourth-order valence-corrected chi connectivity index (χ4v) is 2.04. The van der Waals surface area contributed by atoms with E-state index in [-0.39, 0.29) is 23.9 Å². The molecule has 9 heteroatoms. The first-order chi connectivity index (χ1) is 10.0. The number of hydrogen-bond donors (Lipinski definition) is 0. The molecular weight excluding hydrogens is 338 g/mol. The number of alkyl halides is 6. The van der Waals surface area contributed by atoms with Crippen molar-refractivity contribution >= 4 is 17.9 Å². The molecule has 0 atom stereocenters. The fourth-order valence-electron chi connectivity index (χ4n) is 1.73. The lowest BCUT2D eigenvalue weighted by atomic mass is 10.0. The quantitative estimate of drug-likeness (QED) is 0.536. The molecule has 0 bridgehead atoms. The van der Waals surface area contributed by atoms with E-state index in [1.165, 1.54) is 0 Å². The summed E-state index contributed by atoms with van der Waals surface area (Å²) in [4.78, 5) is 10.5. The van der Waals surface area contributed by atoms with Crippen LogP contribution in [-0.4, -0.2) is 6.29 Å². The number of halogens is 7. The van der Waals surface area contributed by atoms with E-state index in [0.29, 0.717) is 6.07 Å². The number of furan rings is 1. The predicted molar refractivity (Wildman–Crippen MR) is 64.5 cm³/mol. The van der Waals surface area contributed by atoms with Crippen LogP contribution in [0.15, 0.2) is 28.7 Å². The van der Waals surface area contributed by atoms with Gasteiger partial charge in [-0.1, -0.05) is 11.6 Å². The standard InChI is InChI=1S/C13H5ClF6O2/c14-11-8(10-2-1-7(5-21)22-10)3-6(12(15,16)17)4-9(11)13(18,19)20/h1-5H. The van der Waals surface area contributed by atoms with E-state index in [1.54, 1.807) is 0 Å². The molecule has 0 spiro atoms. The molecule has 2 rings (SSSR count). The van der Waals surface area contributed by atoms with Crippen LogP contribution in [0.25, 0.3) is 11.3 Å². The molecule has 0 aliphatic heterocycles. The van der Waals surface area contributed by atoms with Crippen molar-refractivity contribution in [2.24, 2.45) is 0 Å². The lowest BCUT2D eigenvalue weighted by Gasteiger charge is -2.15. The van der Waals surface area contributed by atoms with E-state index in [0.717, 1.165) is 12.1 Å². The van der Waals surface area contributed by atoms with Crippen molar-refractivity contribution < 1.29 is 35.6 Å². The highest BCUT2D eigenvalue weighted by molar-refractivity contribution is 6.34. The van der Waals surface area contributed by atoms with Gasteiger partial charge in [0.05, 0.1) is 16.1 Å². The zero-order valence-electron chi connectivity index (χ0n) is 10.3. The third kappa shape index (κ3) is 3.11. The molecule has 0 amide bonds. The molecule has 1 heterocycles. The number of carbonyl (C=O) groups excluding carboxylic acids is 1. The van der Waals surface area contributed by atoms with Crippen molar-refractivity contribution in [2.75, 3.05) is 0 Å². The maximum atomic E-state index is 12.8. The summed E-state index contributed by atoms with van der Waals surface area (Å²) in [6.45, 7) is 0. The first kappa shape index (κ1) is 16.4. The molecule has 0 aliphatic carbocycles. The van der Waals surface area contributed by atoms with E-state index in [1.807, 2.05) is 0 Å². The molecule has 118 valence electrons. The van der Waals surface area contributed by atoms with E-state index in [2.05, 4.69) is 0 Å². The van der Waals surface area contributed by atoms with Crippen LogP contribution in [0, 0.1) is 0 Å². The van der Waals surface area contributed by atoms with Gasteiger partial charge >= 0.3 is 12.4 Å². The molecule has 0 saturated carbocycles. The minimum Gasteiger partial charge on any atom is -0.453 e. The van der Waals surface area contributed by atoms with Gasteiger partial charge in [-0.05, 0) is 24.3 Å². The monoisotopic (exact) mass is 342 g/mol. The second-order valence-electron chi connectivity index (χ2n) is 4.20. The Hall–Kier alpha value is -1.96. The van der Waals surface area contributed by atoms with Gasteiger partial charge in [0.15, 0.2) is 12.0 Å². The largest absolute Gasteiger partial charge is 0.453 e. The Morgan fingerprint density at radius 2 is 1.64 bits per heavy atom. The van der Waals surface area contributed by atoms with Crippen LogP contribution >= 0.6 is 11.6 Å². The van der Waals surface area contributed by atoms with Gasteiger partial charge in [0.25, 0.3) is 0 Å². The molecule has 1 aromatic carbocycles. The van der Waals surface area contributed by atoms with Gasteiger partial charge in [0, 0.05) is 5.56 Å². The fraction of sp³-hybridized carbons (Fsp3) is 0.154. The van der Waals surface area contributed by atoms with Gasteiger partial charge < -0.3 is 4.42 Å². The molecule has 0 N–H and O–H groups in total. The van der Waals surface area contributed by atoms with Gasteiger partial charge in [-0.15, -0.1) is 0 Å². The van der Waals surface area contributed by atoms with Gasteiger partial charge in [0.2, 0.25) is 0 Å². The maximum Gasteiger partial charge on any atom is 0.417 e. The first-order valence-electron chi connectivity index (χ1n) is 5.57. The molecule has 2 nitrogen and oxygen atoms in total. The van der Waals surface area contributed by atoms with Crippen LogP contribution < -0.4 is 0 Å². The van der Waals surface area contributed by atoms with E-state index in [4.69, 9.17) is 16.0 Å². The minimum absolute atomic E-state index is 0.0740. The van der Waals surface area contributed by atoms with Crippen LogP contribution in [0.5, 0.6) is 0 Å². The van der Waals surface area contributed by atoms with Gasteiger partial charge in [-0.2, -0.15) is 26.3 Å². The highest BCUT2D eigenvalue weighted by Crippen LogP contribution is 2.44. The molecule has 1 aromatic heterocycles. The van der Waals surface area contributed by atoms with Crippen molar-refractivity contribution in [3.8, 4) is 11.3 Å². The zero-order valence-corrected chi connectivity index (χ0v) is 11.1. The maximum absolute atomic E-state index is 12.8. The van der Waals surface area contributed by atoms with Crippen molar-refractivity contribution in [1.29, 1.82) is 0 Å². The van der Waals surface area contributed by atoms with Crippen molar-refractivity contribution in [3.05, 3.63) is 46.2 Å². The number of hydrogen-bond acceptors (Lipinski definition) is 2. The summed E-state index contributed by atoms with van der Waals surface area (Å²) >= 11 is 5.57. The topological polar surface area (TPSA) is 30.2 Å². The summed E-state index contributed by atoms with van der Waals surface area (Å²) in [5, 5.41) is -0.938. The van der Waals surface area contributed by atoms with E-state index < -0.39 is 34.1 Å². The molecule has 0 saturated heterocycles. The zero-order chi connectivity index (χ0) is 16.7. The van der Waals surface area contributed by atoms with Crippen LogP contribution in [0.1, 0.15) is 21.7 Å². The average Bonchev–Trinajstić information content (AvgIpc) is 2.84. The third-order valence-electron chi connectivity index (χ3n) is 2.71. The Bertz CT molecular complexity index is 714. The normalized spacial score (nSPS) is 12.5. The Kier molecular flexibility index (Phi) is 3.99. The number of benzene rings is 1. The number of carbonyl (C=O) groups is 1. The predicted octanol–water partition coefficient (Wildman–Crippen LogP) is 5.45. The van der Waals surface area contributed by atoms with E-state index in [9.17, 15) is 31.1 Å². The summed E-state index contributed by atoms with van der Waals surface area (Å²) in [6.07, 6.45) is -9.82. The Morgan fingerprint density at radius 3 is 2.09 bits per heavy atom. The highest BCUT2D eigenvalue weighted by Gasteiger charge is 2.39. The Labute approximate surface area is 124 Å². The third-order valence-corrected chi connectivity index (χ3v) is 3.12. The van der Waals surface area contributed by atoms with Crippen LogP contribution in [0.2, 0.25) is 5.02 Å². The summed E-state index contributed by atoms with van der Waals surface area (Å²) in [7, 11) is 0. The van der Waals surface area contributed by atoms with Gasteiger partial charge in [-0.25, -0.2) is 0 Å². The minimum atomic E-state index is -5.08. The van der Waals surface area contributed by atoms with Crippen LogP contribution in [0.3, 0.4) is 0 Å². The molecule has 0 fully saturated rings. The van der Waals surface area contributed by atoms with Crippen molar-refractivity contribution in [2.45, 2.75) is 12.4 Å². The number of aldehydes is 1.